The third kappa shape index (κ3) is 1.41. The standard InChI is InChI=1S/C11H8ClN3/c12-11-13-6-10(15-11)9-5-7-3-1-2-4-8(7)14-9/h1-6,14H,(H,13,15). The molecule has 0 saturated heterocycles. The Morgan fingerprint density at radius 2 is 1.93 bits per heavy atom. The van der Waals surface area contributed by atoms with Crippen LogP contribution < -0.4 is 0 Å². The molecule has 3 aromatic rings. The molecule has 3 rings (SSSR count). The van der Waals surface area contributed by atoms with E-state index in [1.54, 1.807) is 6.20 Å². The number of imidazole rings is 1. The molecular formula is C11H8ClN3. The van der Waals surface area contributed by atoms with E-state index in [1.165, 1.54) is 5.39 Å². The predicted octanol–water partition coefficient (Wildman–Crippen LogP) is 3.21. The Morgan fingerprint density at radius 3 is 2.67 bits per heavy atom. The highest BCUT2D eigenvalue weighted by atomic mass is 35.5. The summed E-state index contributed by atoms with van der Waals surface area (Å²) >= 11 is 5.73. The molecule has 1 aromatic carbocycles. The minimum Gasteiger partial charge on any atom is -0.353 e. The number of para-hydroxylation sites is 1. The number of hydrogen-bond donors (Lipinski definition) is 2. The zero-order valence-electron chi connectivity index (χ0n) is 7.79. The Bertz CT molecular complexity index is 576. The van der Waals surface area contributed by atoms with Gasteiger partial charge in [-0.1, -0.05) is 18.2 Å². The second kappa shape index (κ2) is 3.14. The van der Waals surface area contributed by atoms with Gasteiger partial charge >= 0.3 is 0 Å². The number of halogens is 1. The van der Waals surface area contributed by atoms with Crippen molar-refractivity contribution >= 4 is 22.5 Å². The summed E-state index contributed by atoms with van der Waals surface area (Å²) in [4.78, 5) is 10.2. The summed E-state index contributed by atoms with van der Waals surface area (Å²) < 4.78 is 0. The van der Waals surface area contributed by atoms with Crippen LogP contribution in [0.5, 0.6) is 0 Å². The van der Waals surface area contributed by atoms with Crippen LogP contribution in [0.15, 0.2) is 36.5 Å². The Labute approximate surface area is 91.1 Å². The van der Waals surface area contributed by atoms with E-state index in [9.17, 15) is 0 Å². The van der Waals surface area contributed by atoms with Gasteiger partial charge in [-0.25, -0.2) is 4.98 Å². The van der Waals surface area contributed by atoms with Crippen LogP contribution in [0, 0.1) is 0 Å². The quantitative estimate of drug-likeness (QED) is 0.646. The fraction of sp³-hybridized carbons (Fsp3) is 0. The van der Waals surface area contributed by atoms with E-state index in [0.717, 1.165) is 16.9 Å². The first kappa shape index (κ1) is 8.56. The minimum absolute atomic E-state index is 0.406. The largest absolute Gasteiger partial charge is 0.353 e. The molecule has 0 unspecified atom stereocenters. The lowest BCUT2D eigenvalue weighted by atomic mass is 10.2. The van der Waals surface area contributed by atoms with Gasteiger partial charge in [0.15, 0.2) is 0 Å². The molecule has 0 bridgehead atoms. The Hall–Kier alpha value is -1.74. The summed E-state index contributed by atoms with van der Waals surface area (Å²) in [5.41, 5.74) is 3.00. The average molecular weight is 218 g/mol. The summed E-state index contributed by atoms with van der Waals surface area (Å²) in [6, 6.07) is 10.2. The molecule has 0 saturated carbocycles. The van der Waals surface area contributed by atoms with E-state index in [4.69, 9.17) is 11.6 Å². The number of H-pyrrole nitrogens is 2. The summed E-state index contributed by atoms with van der Waals surface area (Å²) in [5.74, 6) is 0. The number of aromatic amines is 2. The van der Waals surface area contributed by atoms with Crippen molar-refractivity contribution in [1.29, 1.82) is 0 Å². The summed E-state index contributed by atoms with van der Waals surface area (Å²) in [7, 11) is 0. The summed E-state index contributed by atoms with van der Waals surface area (Å²) in [6.45, 7) is 0. The van der Waals surface area contributed by atoms with Gasteiger partial charge in [0.1, 0.15) is 0 Å². The maximum Gasteiger partial charge on any atom is 0.200 e. The van der Waals surface area contributed by atoms with Gasteiger partial charge in [0.25, 0.3) is 0 Å². The maximum atomic E-state index is 5.73. The smallest absolute Gasteiger partial charge is 0.200 e. The fourth-order valence-corrected chi connectivity index (χ4v) is 1.80. The van der Waals surface area contributed by atoms with Crippen LogP contribution in [0.3, 0.4) is 0 Å². The Morgan fingerprint density at radius 1 is 1.07 bits per heavy atom. The van der Waals surface area contributed by atoms with Gasteiger partial charge in [0.05, 0.1) is 17.6 Å². The summed E-state index contributed by atoms with van der Waals surface area (Å²) in [5, 5.41) is 1.59. The van der Waals surface area contributed by atoms with Gasteiger partial charge in [-0.3, -0.25) is 0 Å². The zero-order valence-corrected chi connectivity index (χ0v) is 8.55. The molecule has 0 spiro atoms. The van der Waals surface area contributed by atoms with E-state index in [1.807, 2.05) is 18.2 Å². The molecule has 0 atom stereocenters. The van der Waals surface area contributed by atoms with Crippen molar-refractivity contribution in [3.05, 3.63) is 41.8 Å². The molecule has 0 amide bonds. The van der Waals surface area contributed by atoms with Gasteiger partial charge in [-0.15, -0.1) is 0 Å². The molecule has 2 heterocycles. The van der Waals surface area contributed by atoms with Crippen LogP contribution in [0.1, 0.15) is 0 Å². The van der Waals surface area contributed by atoms with Crippen molar-refractivity contribution in [1.82, 2.24) is 15.0 Å². The van der Waals surface area contributed by atoms with Crippen LogP contribution in [-0.4, -0.2) is 15.0 Å². The van der Waals surface area contributed by atoms with Crippen molar-refractivity contribution in [2.24, 2.45) is 0 Å². The van der Waals surface area contributed by atoms with Gasteiger partial charge in [0, 0.05) is 10.9 Å². The third-order valence-electron chi connectivity index (χ3n) is 2.36. The van der Waals surface area contributed by atoms with Crippen LogP contribution in [0.4, 0.5) is 0 Å². The van der Waals surface area contributed by atoms with E-state index in [2.05, 4.69) is 27.1 Å². The van der Waals surface area contributed by atoms with E-state index in [0.29, 0.717) is 5.28 Å². The minimum atomic E-state index is 0.406. The molecule has 15 heavy (non-hydrogen) atoms. The topological polar surface area (TPSA) is 44.5 Å². The van der Waals surface area contributed by atoms with Crippen molar-refractivity contribution < 1.29 is 0 Å². The lowest BCUT2D eigenvalue weighted by molar-refractivity contribution is 1.30. The number of hydrogen-bond acceptors (Lipinski definition) is 1. The van der Waals surface area contributed by atoms with E-state index >= 15 is 0 Å². The summed E-state index contributed by atoms with van der Waals surface area (Å²) in [6.07, 6.45) is 1.72. The van der Waals surface area contributed by atoms with Gasteiger partial charge in [-0.05, 0) is 23.7 Å². The lowest BCUT2D eigenvalue weighted by Gasteiger charge is -1.89. The molecule has 0 fully saturated rings. The Balaban J connectivity index is 2.19. The first-order chi connectivity index (χ1) is 7.33. The first-order valence-electron chi connectivity index (χ1n) is 4.61. The van der Waals surface area contributed by atoms with Gasteiger partial charge < -0.3 is 9.97 Å². The van der Waals surface area contributed by atoms with E-state index < -0.39 is 0 Å². The Kier molecular flexibility index (Phi) is 1.79. The van der Waals surface area contributed by atoms with Crippen molar-refractivity contribution in [2.45, 2.75) is 0 Å². The SMILES string of the molecule is Clc1ncc(-c2cc3ccccc3[nH]2)[nH]1. The molecule has 3 nitrogen and oxygen atoms in total. The highest BCUT2D eigenvalue weighted by Gasteiger charge is 2.04. The molecule has 0 aliphatic rings. The number of benzene rings is 1. The normalized spacial score (nSPS) is 11.0. The van der Waals surface area contributed by atoms with Crippen molar-refractivity contribution in [3.63, 3.8) is 0 Å². The molecule has 2 aromatic heterocycles. The number of fused-ring (bicyclic) bond motifs is 1. The molecule has 74 valence electrons. The lowest BCUT2D eigenvalue weighted by Crippen LogP contribution is -1.74. The highest BCUT2D eigenvalue weighted by Crippen LogP contribution is 2.23. The second-order valence-corrected chi connectivity index (χ2v) is 3.72. The molecule has 0 aliphatic heterocycles. The highest BCUT2D eigenvalue weighted by molar-refractivity contribution is 6.28. The first-order valence-corrected chi connectivity index (χ1v) is 4.99. The number of aromatic nitrogens is 3. The molecule has 0 radical (unpaired) electrons. The molecular weight excluding hydrogens is 210 g/mol. The monoisotopic (exact) mass is 217 g/mol. The maximum absolute atomic E-state index is 5.73. The number of rotatable bonds is 1. The molecule has 4 heteroatoms. The molecule has 0 aliphatic carbocycles. The van der Waals surface area contributed by atoms with Crippen LogP contribution in [0.2, 0.25) is 5.28 Å². The number of nitrogens with zero attached hydrogens (tertiary/aromatic N) is 1. The second-order valence-electron chi connectivity index (χ2n) is 3.36. The van der Waals surface area contributed by atoms with Crippen molar-refractivity contribution in [2.75, 3.05) is 0 Å². The van der Waals surface area contributed by atoms with E-state index in [-0.39, 0.29) is 0 Å². The fourth-order valence-electron chi connectivity index (χ4n) is 1.65. The van der Waals surface area contributed by atoms with Crippen LogP contribution in [-0.2, 0) is 0 Å². The number of nitrogens with one attached hydrogen (secondary N) is 2. The van der Waals surface area contributed by atoms with Gasteiger partial charge in [-0.2, -0.15) is 0 Å². The van der Waals surface area contributed by atoms with Crippen LogP contribution >= 0.6 is 11.6 Å². The van der Waals surface area contributed by atoms with Gasteiger partial charge in [0.2, 0.25) is 5.28 Å². The molecule has 2 N–H and O–H groups in total. The third-order valence-corrected chi connectivity index (χ3v) is 2.56. The zero-order chi connectivity index (χ0) is 10.3. The average Bonchev–Trinajstić information content (AvgIpc) is 2.82. The van der Waals surface area contributed by atoms with Crippen LogP contribution in [0.25, 0.3) is 22.3 Å². The predicted molar refractivity (Wildman–Crippen MR) is 60.9 cm³/mol. The van der Waals surface area contributed by atoms with Crippen molar-refractivity contribution in [3.8, 4) is 11.4 Å².